The van der Waals surface area contributed by atoms with Crippen molar-refractivity contribution in [2.75, 3.05) is 0 Å². The van der Waals surface area contributed by atoms with Gasteiger partial charge in [-0.05, 0) is 52.7 Å². The monoisotopic (exact) mass is 269 g/mol. The van der Waals surface area contributed by atoms with Gasteiger partial charge in [0.2, 0.25) is 0 Å². The molecule has 0 bridgehead atoms. The van der Waals surface area contributed by atoms with Crippen molar-refractivity contribution in [1.82, 2.24) is 4.98 Å². The van der Waals surface area contributed by atoms with E-state index in [0.29, 0.717) is 5.92 Å². The fraction of sp³-hybridized carbons (Fsp3) is 0.583. The molecule has 1 fully saturated rings. The molecule has 1 heterocycles. The van der Waals surface area contributed by atoms with E-state index in [9.17, 15) is 5.11 Å². The van der Waals surface area contributed by atoms with E-state index in [4.69, 9.17) is 0 Å². The smallest absolute Gasteiger partial charge is 0.0713 e. The number of nitrogens with zero attached hydrogens (tertiary/aromatic N) is 1. The lowest BCUT2D eigenvalue weighted by molar-refractivity contribution is 0.0138. The van der Waals surface area contributed by atoms with Crippen LogP contribution in [0.2, 0.25) is 0 Å². The second-order valence-electron chi connectivity index (χ2n) is 4.42. The van der Waals surface area contributed by atoms with Crippen molar-refractivity contribution in [2.24, 2.45) is 5.92 Å². The van der Waals surface area contributed by atoms with Gasteiger partial charge in [0.1, 0.15) is 0 Å². The van der Waals surface area contributed by atoms with Crippen LogP contribution in [-0.4, -0.2) is 15.7 Å². The Hall–Kier alpha value is -0.410. The average molecular weight is 270 g/mol. The van der Waals surface area contributed by atoms with Crippen LogP contribution in [0, 0.1) is 5.92 Å². The van der Waals surface area contributed by atoms with Gasteiger partial charge in [0.05, 0.1) is 5.60 Å². The van der Waals surface area contributed by atoms with Crippen molar-refractivity contribution in [3.63, 3.8) is 0 Å². The van der Waals surface area contributed by atoms with Crippen molar-refractivity contribution < 1.29 is 5.11 Å². The molecule has 0 amide bonds. The van der Waals surface area contributed by atoms with E-state index in [1.54, 1.807) is 6.20 Å². The molecule has 0 aromatic carbocycles. The molecular formula is C12H16BrNO. The third-order valence-corrected chi connectivity index (χ3v) is 3.65. The summed E-state index contributed by atoms with van der Waals surface area (Å²) in [6.07, 6.45) is 7.50. The van der Waals surface area contributed by atoms with Gasteiger partial charge in [-0.3, -0.25) is 4.98 Å². The first-order valence-electron chi connectivity index (χ1n) is 5.46. The fourth-order valence-electron chi connectivity index (χ4n) is 2.08. The van der Waals surface area contributed by atoms with Crippen molar-refractivity contribution in [3.8, 4) is 0 Å². The summed E-state index contributed by atoms with van der Waals surface area (Å²) in [5.74, 6) is 0.501. The van der Waals surface area contributed by atoms with E-state index in [1.807, 2.05) is 12.3 Å². The van der Waals surface area contributed by atoms with E-state index in [-0.39, 0.29) is 0 Å². The van der Waals surface area contributed by atoms with Gasteiger partial charge in [0.25, 0.3) is 0 Å². The maximum Gasteiger partial charge on any atom is 0.0713 e. The number of aliphatic hydroxyl groups is 1. The highest BCUT2D eigenvalue weighted by atomic mass is 79.9. The molecule has 2 nitrogen and oxygen atoms in total. The number of rotatable bonds is 4. The molecule has 1 N–H and O–H groups in total. The third-order valence-electron chi connectivity index (χ3n) is 3.22. The molecule has 0 saturated heterocycles. The van der Waals surface area contributed by atoms with Gasteiger partial charge in [0.15, 0.2) is 0 Å². The van der Waals surface area contributed by atoms with E-state index in [1.165, 1.54) is 12.8 Å². The predicted octanol–water partition coefficient (Wildman–Crippen LogP) is 2.94. The zero-order chi connectivity index (χ0) is 10.9. The Kier molecular flexibility index (Phi) is 3.12. The van der Waals surface area contributed by atoms with Crippen molar-refractivity contribution >= 4 is 15.9 Å². The highest BCUT2D eigenvalue weighted by molar-refractivity contribution is 9.10. The Labute approximate surface area is 98.9 Å². The Morgan fingerprint density at radius 1 is 1.53 bits per heavy atom. The lowest BCUT2D eigenvalue weighted by Gasteiger charge is -2.26. The SMILES string of the molecule is CCC(O)(Cc1cncc(Br)c1)C1CC1. The van der Waals surface area contributed by atoms with Crippen LogP contribution in [0.5, 0.6) is 0 Å². The molecule has 15 heavy (non-hydrogen) atoms. The van der Waals surface area contributed by atoms with Gasteiger partial charge in [-0.2, -0.15) is 0 Å². The first-order chi connectivity index (χ1) is 7.14. The first kappa shape index (κ1) is 11.1. The Morgan fingerprint density at radius 3 is 2.80 bits per heavy atom. The molecule has 1 unspecified atom stereocenters. The molecule has 82 valence electrons. The summed E-state index contributed by atoms with van der Waals surface area (Å²) in [5.41, 5.74) is 0.600. The van der Waals surface area contributed by atoms with E-state index in [0.717, 1.165) is 22.9 Å². The largest absolute Gasteiger partial charge is 0.389 e. The molecule has 0 spiro atoms. The highest BCUT2D eigenvalue weighted by Gasteiger charge is 2.42. The minimum absolute atomic E-state index is 0.501. The van der Waals surface area contributed by atoms with E-state index >= 15 is 0 Å². The number of pyridine rings is 1. The standard InChI is InChI=1S/C12H16BrNO/c1-2-12(15,10-3-4-10)6-9-5-11(13)8-14-7-9/h5,7-8,10,15H,2-4,6H2,1H3. The zero-order valence-corrected chi connectivity index (χ0v) is 10.5. The minimum Gasteiger partial charge on any atom is -0.389 e. The quantitative estimate of drug-likeness (QED) is 0.912. The number of aromatic nitrogens is 1. The van der Waals surface area contributed by atoms with Crippen LogP contribution in [0.3, 0.4) is 0 Å². The van der Waals surface area contributed by atoms with Crippen LogP contribution >= 0.6 is 15.9 Å². The van der Waals surface area contributed by atoms with Crippen molar-refractivity contribution in [3.05, 3.63) is 28.5 Å². The molecule has 0 radical (unpaired) electrons. The Balaban J connectivity index is 2.12. The third kappa shape index (κ3) is 2.58. The van der Waals surface area contributed by atoms with Gasteiger partial charge in [-0.1, -0.05) is 6.92 Å². The molecule has 0 aliphatic heterocycles. The van der Waals surface area contributed by atoms with Crippen molar-refractivity contribution in [2.45, 2.75) is 38.2 Å². The van der Waals surface area contributed by atoms with Gasteiger partial charge < -0.3 is 5.11 Å². The summed E-state index contributed by atoms with van der Waals surface area (Å²) in [5, 5.41) is 10.5. The molecular weight excluding hydrogens is 254 g/mol. The minimum atomic E-state index is -0.511. The second kappa shape index (κ2) is 4.22. The summed E-state index contributed by atoms with van der Waals surface area (Å²) >= 11 is 3.40. The number of halogens is 1. The van der Waals surface area contributed by atoms with Gasteiger partial charge >= 0.3 is 0 Å². The second-order valence-corrected chi connectivity index (χ2v) is 5.34. The maximum atomic E-state index is 10.5. The first-order valence-corrected chi connectivity index (χ1v) is 6.25. The Morgan fingerprint density at radius 2 is 2.27 bits per heavy atom. The van der Waals surface area contributed by atoms with Crippen LogP contribution in [0.4, 0.5) is 0 Å². The van der Waals surface area contributed by atoms with Gasteiger partial charge in [-0.25, -0.2) is 0 Å². The molecule has 2 rings (SSSR count). The van der Waals surface area contributed by atoms with E-state index in [2.05, 4.69) is 27.8 Å². The van der Waals surface area contributed by atoms with Crippen molar-refractivity contribution in [1.29, 1.82) is 0 Å². The molecule has 1 aromatic rings. The summed E-state index contributed by atoms with van der Waals surface area (Å²) in [6.45, 7) is 2.06. The molecule has 1 aromatic heterocycles. The molecule has 1 aliphatic rings. The number of hydrogen-bond acceptors (Lipinski definition) is 2. The summed E-state index contributed by atoms with van der Waals surface area (Å²) in [7, 11) is 0. The summed E-state index contributed by atoms with van der Waals surface area (Å²) in [4.78, 5) is 4.12. The zero-order valence-electron chi connectivity index (χ0n) is 8.91. The van der Waals surface area contributed by atoms with E-state index < -0.39 is 5.60 Å². The fourth-order valence-corrected chi connectivity index (χ4v) is 2.50. The number of hydrogen-bond donors (Lipinski definition) is 1. The lowest BCUT2D eigenvalue weighted by atomic mass is 9.88. The van der Waals surface area contributed by atoms with Gasteiger partial charge in [-0.15, -0.1) is 0 Å². The molecule has 1 atom stereocenters. The maximum absolute atomic E-state index is 10.5. The summed E-state index contributed by atoms with van der Waals surface area (Å²) in [6, 6.07) is 2.04. The van der Waals surface area contributed by atoms with Crippen LogP contribution in [0.1, 0.15) is 31.7 Å². The highest BCUT2D eigenvalue weighted by Crippen LogP contribution is 2.43. The summed E-state index contributed by atoms with van der Waals surface area (Å²) < 4.78 is 0.981. The topological polar surface area (TPSA) is 33.1 Å². The average Bonchev–Trinajstić information content (AvgIpc) is 3.01. The lowest BCUT2D eigenvalue weighted by Crippen LogP contribution is -2.33. The molecule has 1 saturated carbocycles. The molecule has 1 aliphatic carbocycles. The van der Waals surface area contributed by atoms with Crippen LogP contribution < -0.4 is 0 Å². The van der Waals surface area contributed by atoms with Crippen LogP contribution in [0.15, 0.2) is 22.9 Å². The Bertz CT molecular complexity index is 351. The molecule has 3 heteroatoms. The van der Waals surface area contributed by atoms with Crippen LogP contribution in [0.25, 0.3) is 0 Å². The van der Waals surface area contributed by atoms with Gasteiger partial charge in [0, 0.05) is 23.3 Å². The normalized spacial score (nSPS) is 19.9. The van der Waals surface area contributed by atoms with Crippen LogP contribution in [-0.2, 0) is 6.42 Å². The predicted molar refractivity (Wildman–Crippen MR) is 63.6 cm³/mol.